The zero-order valence-electron chi connectivity index (χ0n) is 14.9. The molecule has 1 fully saturated rings. The quantitative estimate of drug-likeness (QED) is 0.637. The second kappa shape index (κ2) is 8.10. The van der Waals surface area contributed by atoms with Gasteiger partial charge in [-0.3, -0.25) is 19.8 Å². The lowest BCUT2D eigenvalue weighted by atomic mass is 10.0. The SMILES string of the molecule is Cc1cc(C(=O)NC[C@H](c2ccccc2)N2CCCC2)ccc1[N+](=O)[O-]. The van der Waals surface area contributed by atoms with Gasteiger partial charge < -0.3 is 5.32 Å². The molecule has 1 heterocycles. The Labute approximate surface area is 153 Å². The van der Waals surface area contributed by atoms with Crippen LogP contribution in [-0.2, 0) is 0 Å². The molecular weight excluding hydrogens is 330 g/mol. The summed E-state index contributed by atoms with van der Waals surface area (Å²) in [5.41, 5.74) is 2.15. The zero-order valence-corrected chi connectivity index (χ0v) is 14.9. The monoisotopic (exact) mass is 353 g/mol. The fourth-order valence-electron chi connectivity index (χ4n) is 3.48. The highest BCUT2D eigenvalue weighted by Gasteiger charge is 2.24. The Hall–Kier alpha value is -2.73. The lowest BCUT2D eigenvalue weighted by Crippen LogP contribution is -2.36. The highest BCUT2D eigenvalue weighted by molar-refractivity contribution is 5.94. The maximum atomic E-state index is 12.5. The molecule has 0 aliphatic carbocycles. The fraction of sp³-hybridized carbons (Fsp3) is 0.350. The molecule has 0 saturated carbocycles. The summed E-state index contributed by atoms with van der Waals surface area (Å²) >= 11 is 0. The highest BCUT2D eigenvalue weighted by atomic mass is 16.6. The van der Waals surface area contributed by atoms with E-state index in [-0.39, 0.29) is 17.6 Å². The lowest BCUT2D eigenvalue weighted by molar-refractivity contribution is -0.385. The van der Waals surface area contributed by atoms with E-state index in [1.165, 1.54) is 30.5 Å². The summed E-state index contributed by atoms with van der Waals surface area (Å²) in [6.45, 7) is 4.23. The molecule has 6 nitrogen and oxygen atoms in total. The predicted molar refractivity (Wildman–Crippen MR) is 100 cm³/mol. The van der Waals surface area contributed by atoms with Gasteiger partial charge >= 0.3 is 0 Å². The fourth-order valence-corrected chi connectivity index (χ4v) is 3.48. The molecule has 0 unspecified atom stereocenters. The van der Waals surface area contributed by atoms with E-state index in [9.17, 15) is 14.9 Å². The summed E-state index contributed by atoms with van der Waals surface area (Å²) in [7, 11) is 0. The number of rotatable bonds is 6. The number of aryl methyl sites for hydroxylation is 1. The number of amides is 1. The molecule has 136 valence electrons. The van der Waals surface area contributed by atoms with Crippen LogP contribution in [0, 0.1) is 17.0 Å². The first-order chi connectivity index (χ1) is 12.6. The van der Waals surface area contributed by atoms with Crippen LogP contribution in [0.15, 0.2) is 48.5 Å². The zero-order chi connectivity index (χ0) is 18.5. The molecule has 6 heteroatoms. The van der Waals surface area contributed by atoms with Gasteiger partial charge in [-0.15, -0.1) is 0 Å². The predicted octanol–water partition coefficient (Wildman–Crippen LogP) is 3.47. The number of nitro benzene ring substituents is 1. The van der Waals surface area contributed by atoms with Gasteiger partial charge in [-0.2, -0.15) is 0 Å². The van der Waals surface area contributed by atoms with Crippen molar-refractivity contribution in [2.45, 2.75) is 25.8 Å². The Kier molecular flexibility index (Phi) is 5.63. The van der Waals surface area contributed by atoms with Crippen molar-refractivity contribution in [3.05, 3.63) is 75.3 Å². The molecule has 1 N–H and O–H groups in total. The van der Waals surface area contributed by atoms with Gasteiger partial charge in [0.15, 0.2) is 0 Å². The van der Waals surface area contributed by atoms with Crippen molar-refractivity contribution < 1.29 is 9.72 Å². The first-order valence-corrected chi connectivity index (χ1v) is 8.88. The van der Waals surface area contributed by atoms with E-state index in [0.29, 0.717) is 17.7 Å². The van der Waals surface area contributed by atoms with Gasteiger partial charge in [-0.1, -0.05) is 30.3 Å². The van der Waals surface area contributed by atoms with E-state index in [2.05, 4.69) is 22.3 Å². The number of carbonyl (C=O) groups is 1. The topological polar surface area (TPSA) is 75.5 Å². The second-order valence-corrected chi connectivity index (χ2v) is 6.64. The van der Waals surface area contributed by atoms with Crippen molar-refractivity contribution in [3.63, 3.8) is 0 Å². The van der Waals surface area contributed by atoms with E-state index in [1.807, 2.05) is 18.2 Å². The van der Waals surface area contributed by atoms with E-state index in [4.69, 9.17) is 0 Å². The number of benzene rings is 2. The lowest BCUT2D eigenvalue weighted by Gasteiger charge is -2.28. The summed E-state index contributed by atoms with van der Waals surface area (Å²) in [5.74, 6) is -0.205. The number of hydrogen-bond donors (Lipinski definition) is 1. The number of carbonyl (C=O) groups excluding carboxylic acids is 1. The van der Waals surface area contributed by atoms with Crippen molar-refractivity contribution in [2.24, 2.45) is 0 Å². The molecule has 1 atom stereocenters. The minimum absolute atomic E-state index is 0.0285. The van der Waals surface area contributed by atoms with Gasteiger partial charge in [0.05, 0.1) is 11.0 Å². The first-order valence-electron chi connectivity index (χ1n) is 8.88. The third-order valence-corrected chi connectivity index (χ3v) is 4.88. The first kappa shape index (κ1) is 18.1. The molecule has 0 bridgehead atoms. The third-order valence-electron chi connectivity index (χ3n) is 4.88. The highest BCUT2D eigenvalue weighted by Crippen LogP contribution is 2.25. The average Bonchev–Trinajstić information content (AvgIpc) is 3.16. The van der Waals surface area contributed by atoms with Crippen molar-refractivity contribution in [1.82, 2.24) is 10.2 Å². The molecule has 1 saturated heterocycles. The van der Waals surface area contributed by atoms with Gasteiger partial charge in [0.25, 0.3) is 11.6 Å². The van der Waals surface area contributed by atoms with Crippen molar-refractivity contribution in [3.8, 4) is 0 Å². The molecule has 2 aromatic rings. The van der Waals surface area contributed by atoms with Crippen molar-refractivity contribution in [1.29, 1.82) is 0 Å². The van der Waals surface area contributed by atoms with Crippen LogP contribution in [0.2, 0.25) is 0 Å². The van der Waals surface area contributed by atoms with E-state index in [0.717, 1.165) is 13.1 Å². The Morgan fingerprint density at radius 2 is 1.88 bits per heavy atom. The molecule has 0 spiro atoms. The van der Waals surface area contributed by atoms with Crippen molar-refractivity contribution >= 4 is 11.6 Å². The van der Waals surface area contributed by atoms with Crippen LogP contribution in [0.4, 0.5) is 5.69 Å². The molecule has 1 aliphatic heterocycles. The van der Waals surface area contributed by atoms with Crippen LogP contribution in [0.3, 0.4) is 0 Å². The molecule has 1 amide bonds. The van der Waals surface area contributed by atoms with Gasteiger partial charge in [-0.05, 0) is 50.6 Å². The minimum atomic E-state index is -0.435. The maximum absolute atomic E-state index is 12.5. The van der Waals surface area contributed by atoms with Gasteiger partial charge in [0, 0.05) is 23.7 Å². The Bertz CT molecular complexity index is 786. The second-order valence-electron chi connectivity index (χ2n) is 6.64. The number of nitrogens with one attached hydrogen (secondary N) is 1. The van der Waals surface area contributed by atoms with Crippen LogP contribution in [0.5, 0.6) is 0 Å². The third kappa shape index (κ3) is 4.08. The van der Waals surface area contributed by atoms with Crippen LogP contribution in [-0.4, -0.2) is 35.4 Å². The van der Waals surface area contributed by atoms with E-state index in [1.54, 1.807) is 13.0 Å². The number of hydrogen-bond acceptors (Lipinski definition) is 4. The van der Waals surface area contributed by atoms with Crippen LogP contribution >= 0.6 is 0 Å². The average molecular weight is 353 g/mol. The smallest absolute Gasteiger partial charge is 0.272 e. The molecule has 2 aromatic carbocycles. The Balaban J connectivity index is 1.71. The standard InChI is InChI=1S/C20H23N3O3/c1-15-13-17(9-10-18(15)23(25)26)20(24)21-14-19(22-11-5-6-12-22)16-7-3-2-4-8-16/h2-4,7-10,13,19H,5-6,11-12,14H2,1H3,(H,21,24)/t19-/m1/s1. The van der Waals surface area contributed by atoms with Crippen LogP contribution in [0.25, 0.3) is 0 Å². The van der Waals surface area contributed by atoms with E-state index >= 15 is 0 Å². The van der Waals surface area contributed by atoms with Gasteiger partial charge in [0.2, 0.25) is 0 Å². The van der Waals surface area contributed by atoms with Gasteiger partial charge in [-0.25, -0.2) is 0 Å². The van der Waals surface area contributed by atoms with Crippen LogP contribution in [0.1, 0.15) is 40.4 Å². The van der Waals surface area contributed by atoms with Gasteiger partial charge in [0.1, 0.15) is 0 Å². The summed E-state index contributed by atoms with van der Waals surface area (Å²) in [6.07, 6.45) is 2.36. The Morgan fingerprint density at radius 3 is 2.50 bits per heavy atom. The van der Waals surface area contributed by atoms with Crippen LogP contribution < -0.4 is 5.32 Å². The number of likely N-dealkylation sites (tertiary alicyclic amines) is 1. The summed E-state index contributed by atoms with van der Waals surface area (Å²) in [5, 5.41) is 13.9. The Morgan fingerprint density at radius 1 is 1.19 bits per heavy atom. The largest absolute Gasteiger partial charge is 0.350 e. The normalized spacial score (nSPS) is 15.6. The molecular formula is C20H23N3O3. The van der Waals surface area contributed by atoms with E-state index < -0.39 is 4.92 Å². The number of nitrogens with zero attached hydrogens (tertiary/aromatic N) is 2. The molecule has 26 heavy (non-hydrogen) atoms. The van der Waals surface area contributed by atoms with Crippen molar-refractivity contribution in [2.75, 3.05) is 19.6 Å². The summed E-state index contributed by atoms with van der Waals surface area (Å²) < 4.78 is 0. The minimum Gasteiger partial charge on any atom is -0.350 e. The molecule has 1 aliphatic rings. The molecule has 0 aromatic heterocycles. The summed E-state index contributed by atoms with van der Waals surface area (Å²) in [4.78, 5) is 25.4. The number of nitro groups is 1. The summed E-state index contributed by atoms with van der Waals surface area (Å²) in [6, 6.07) is 14.8. The maximum Gasteiger partial charge on any atom is 0.272 e. The molecule has 3 rings (SSSR count). The molecule has 0 radical (unpaired) electrons.